The molecule has 2 rings (SSSR count). The van der Waals surface area contributed by atoms with Crippen molar-refractivity contribution in [2.75, 3.05) is 18.1 Å². The van der Waals surface area contributed by atoms with Gasteiger partial charge in [0.1, 0.15) is 12.3 Å². The van der Waals surface area contributed by atoms with E-state index in [9.17, 15) is 9.90 Å². The minimum atomic E-state index is -0.836. The van der Waals surface area contributed by atoms with Crippen molar-refractivity contribution in [3.05, 3.63) is 59.2 Å². The molecule has 0 aromatic heterocycles. The molecule has 4 nitrogen and oxygen atoms in total. The van der Waals surface area contributed by atoms with Crippen molar-refractivity contribution in [1.82, 2.24) is 0 Å². The lowest BCUT2D eigenvalue weighted by Crippen LogP contribution is -2.29. The molecule has 0 bridgehead atoms. The lowest BCUT2D eigenvalue weighted by atomic mass is 10.1. The third kappa shape index (κ3) is 4.74. The molecule has 0 amide bonds. The second kappa shape index (κ2) is 7.68. The molecule has 0 saturated heterocycles. The Labute approximate surface area is 137 Å². The van der Waals surface area contributed by atoms with Gasteiger partial charge in [-0.2, -0.15) is 0 Å². The van der Waals surface area contributed by atoms with E-state index >= 15 is 0 Å². The number of rotatable bonds is 7. The monoisotopic (exact) mass is 313 g/mol. The first-order valence-corrected chi connectivity index (χ1v) is 7.75. The quantitative estimate of drug-likeness (QED) is 0.845. The molecule has 0 aliphatic heterocycles. The van der Waals surface area contributed by atoms with E-state index in [0.717, 1.165) is 28.1 Å². The maximum Gasteiger partial charge on any atom is 0.323 e. The molecular weight excluding hydrogens is 290 g/mol. The van der Waals surface area contributed by atoms with Crippen LogP contribution < -0.4 is 9.64 Å². The van der Waals surface area contributed by atoms with Crippen LogP contribution in [0.5, 0.6) is 5.75 Å². The number of anilines is 1. The largest absolute Gasteiger partial charge is 0.494 e. The lowest BCUT2D eigenvalue weighted by molar-refractivity contribution is -0.135. The predicted molar refractivity (Wildman–Crippen MR) is 92.2 cm³/mol. The lowest BCUT2D eigenvalue weighted by Gasteiger charge is -2.25. The third-order valence-corrected chi connectivity index (χ3v) is 3.64. The van der Waals surface area contributed by atoms with E-state index in [1.165, 1.54) is 0 Å². The zero-order chi connectivity index (χ0) is 16.8. The van der Waals surface area contributed by atoms with Gasteiger partial charge in [-0.3, -0.25) is 4.79 Å². The molecule has 0 heterocycles. The van der Waals surface area contributed by atoms with Gasteiger partial charge in [-0.1, -0.05) is 24.3 Å². The smallest absolute Gasteiger partial charge is 0.323 e. The molecule has 0 spiro atoms. The fourth-order valence-corrected chi connectivity index (χ4v) is 2.53. The summed E-state index contributed by atoms with van der Waals surface area (Å²) in [6.07, 6.45) is 0. The molecule has 2 aromatic rings. The highest BCUT2D eigenvalue weighted by atomic mass is 16.5. The first kappa shape index (κ1) is 16.9. The van der Waals surface area contributed by atoms with Gasteiger partial charge in [-0.05, 0) is 55.7 Å². The Balaban J connectivity index is 2.24. The van der Waals surface area contributed by atoms with Gasteiger partial charge < -0.3 is 14.7 Å². The predicted octanol–water partition coefficient (Wildman–Crippen LogP) is 3.79. The van der Waals surface area contributed by atoms with E-state index in [0.29, 0.717) is 13.2 Å². The average Bonchev–Trinajstić information content (AvgIpc) is 2.51. The summed E-state index contributed by atoms with van der Waals surface area (Å²) in [5.74, 6) is -0.00962. The van der Waals surface area contributed by atoms with E-state index in [-0.39, 0.29) is 6.54 Å². The zero-order valence-electron chi connectivity index (χ0n) is 13.9. The highest BCUT2D eigenvalue weighted by molar-refractivity contribution is 5.74. The summed E-state index contributed by atoms with van der Waals surface area (Å²) < 4.78 is 5.44. The SMILES string of the molecule is CCOc1ccc(CN(CC(=O)O)c2cc(C)ccc2C)cc1. The number of aliphatic carboxylic acids is 1. The van der Waals surface area contributed by atoms with E-state index in [1.54, 1.807) is 0 Å². The Morgan fingerprint density at radius 2 is 1.83 bits per heavy atom. The van der Waals surface area contributed by atoms with Gasteiger partial charge in [0.25, 0.3) is 0 Å². The summed E-state index contributed by atoms with van der Waals surface area (Å²) in [7, 11) is 0. The molecule has 2 aromatic carbocycles. The Kier molecular flexibility index (Phi) is 5.63. The van der Waals surface area contributed by atoms with Crippen molar-refractivity contribution in [1.29, 1.82) is 0 Å². The Bertz CT molecular complexity index is 665. The van der Waals surface area contributed by atoms with Crippen LogP contribution in [0.1, 0.15) is 23.6 Å². The molecule has 0 aliphatic rings. The standard InChI is InChI=1S/C19H23NO3/c1-4-23-17-9-7-16(8-10-17)12-20(13-19(21)22)18-11-14(2)5-6-15(18)3/h5-11H,4,12-13H2,1-3H3,(H,21,22). The van der Waals surface area contributed by atoms with Gasteiger partial charge in [0.05, 0.1) is 6.61 Å². The van der Waals surface area contributed by atoms with Crippen molar-refractivity contribution in [3.63, 3.8) is 0 Å². The van der Waals surface area contributed by atoms with E-state index in [1.807, 2.05) is 68.1 Å². The minimum Gasteiger partial charge on any atom is -0.494 e. The van der Waals surface area contributed by atoms with Crippen LogP contribution in [0.3, 0.4) is 0 Å². The number of carboxylic acids is 1. The molecule has 0 unspecified atom stereocenters. The van der Waals surface area contributed by atoms with E-state index in [2.05, 4.69) is 0 Å². The van der Waals surface area contributed by atoms with Crippen LogP contribution in [-0.2, 0) is 11.3 Å². The van der Waals surface area contributed by atoms with Crippen molar-refractivity contribution in [2.24, 2.45) is 0 Å². The minimum absolute atomic E-state index is 0.0303. The molecule has 23 heavy (non-hydrogen) atoms. The second-order valence-electron chi connectivity index (χ2n) is 5.62. The van der Waals surface area contributed by atoms with Gasteiger partial charge >= 0.3 is 5.97 Å². The normalized spacial score (nSPS) is 10.4. The highest BCUT2D eigenvalue weighted by Crippen LogP contribution is 2.24. The number of ether oxygens (including phenoxy) is 1. The van der Waals surface area contributed by atoms with Gasteiger partial charge in [0.15, 0.2) is 0 Å². The molecule has 0 aliphatic carbocycles. The Morgan fingerprint density at radius 3 is 2.43 bits per heavy atom. The van der Waals surface area contributed by atoms with Crippen LogP contribution in [-0.4, -0.2) is 24.2 Å². The maximum atomic E-state index is 11.2. The zero-order valence-corrected chi connectivity index (χ0v) is 13.9. The summed E-state index contributed by atoms with van der Waals surface area (Å²) in [6, 6.07) is 13.9. The van der Waals surface area contributed by atoms with Crippen LogP contribution in [0, 0.1) is 13.8 Å². The number of aryl methyl sites for hydroxylation is 2. The van der Waals surface area contributed by atoms with Crippen molar-refractivity contribution in [3.8, 4) is 5.75 Å². The molecule has 0 radical (unpaired) electrons. The van der Waals surface area contributed by atoms with Crippen LogP contribution in [0.15, 0.2) is 42.5 Å². The second-order valence-corrected chi connectivity index (χ2v) is 5.62. The van der Waals surface area contributed by atoms with E-state index in [4.69, 9.17) is 4.74 Å². The first-order chi connectivity index (χ1) is 11.0. The maximum absolute atomic E-state index is 11.2. The molecule has 0 fully saturated rings. The van der Waals surface area contributed by atoms with Gasteiger partial charge in [0, 0.05) is 12.2 Å². The number of carboxylic acid groups (broad SMARTS) is 1. The summed E-state index contributed by atoms with van der Waals surface area (Å²) in [4.78, 5) is 13.1. The van der Waals surface area contributed by atoms with Gasteiger partial charge in [-0.15, -0.1) is 0 Å². The number of benzene rings is 2. The third-order valence-electron chi connectivity index (χ3n) is 3.64. The summed E-state index contributed by atoms with van der Waals surface area (Å²) in [5, 5.41) is 9.24. The molecular formula is C19H23NO3. The van der Waals surface area contributed by atoms with Crippen LogP contribution in [0.4, 0.5) is 5.69 Å². The van der Waals surface area contributed by atoms with Crippen molar-refractivity contribution in [2.45, 2.75) is 27.3 Å². The average molecular weight is 313 g/mol. The fourth-order valence-electron chi connectivity index (χ4n) is 2.53. The number of hydrogen-bond donors (Lipinski definition) is 1. The van der Waals surface area contributed by atoms with Crippen LogP contribution in [0.25, 0.3) is 0 Å². The van der Waals surface area contributed by atoms with Gasteiger partial charge in [-0.25, -0.2) is 0 Å². The molecule has 0 saturated carbocycles. The Hall–Kier alpha value is -2.49. The first-order valence-electron chi connectivity index (χ1n) is 7.75. The van der Waals surface area contributed by atoms with Gasteiger partial charge in [0.2, 0.25) is 0 Å². The summed E-state index contributed by atoms with van der Waals surface area (Å²) in [5.41, 5.74) is 4.20. The molecule has 1 N–H and O–H groups in total. The topological polar surface area (TPSA) is 49.8 Å². The Morgan fingerprint density at radius 1 is 1.13 bits per heavy atom. The van der Waals surface area contributed by atoms with E-state index < -0.39 is 5.97 Å². The molecule has 0 atom stereocenters. The number of carbonyl (C=O) groups is 1. The van der Waals surface area contributed by atoms with Crippen LogP contribution in [0.2, 0.25) is 0 Å². The number of nitrogens with zero attached hydrogens (tertiary/aromatic N) is 1. The molecule has 122 valence electrons. The van der Waals surface area contributed by atoms with Crippen molar-refractivity contribution < 1.29 is 14.6 Å². The number of hydrogen-bond acceptors (Lipinski definition) is 3. The van der Waals surface area contributed by atoms with Crippen molar-refractivity contribution >= 4 is 11.7 Å². The highest BCUT2D eigenvalue weighted by Gasteiger charge is 2.14. The summed E-state index contributed by atoms with van der Waals surface area (Å²) >= 11 is 0. The molecule has 4 heteroatoms. The van der Waals surface area contributed by atoms with Crippen LogP contribution >= 0.6 is 0 Å². The fraction of sp³-hybridized carbons (Fsp3) is 0.316. The summed E-state index contributed by atoms with van der Waals surface area (Å²) in [6.45, 7) is 7.11.